The van der Waals surface area contributed by atoms with Crippen molar-refractivity contribution in [2.75, 3.05) is 0 Å². The third-order valence-corrected chi connectivity index (χ3v) is 13.0. The number of allylic oxidation sites excluding steroid dienone is 1. The quantitative estimate of drug-likeness (QED) is 0.299. The van der Waals surface area contributed by atoms with Crippen LogP contribution in [0.25, 0.3) is 5.57 Å². The van der Waals surface area contributed by atoms with Crippen LogP contribution in [0.1, 0.15) is 104 Å². The fourth-order valence-corrected chi connectivity index (χ4v) is 10.9. The van der Waals surface area contributed by atoms with Gasteiger partial charge in [0.2, 0.25) is 0 Å². The number of hydrogen-bond acceptors (Lipinski definition) is 4. The van der Waals surface area contributed by atoms with Crippen molar-refractivity contribution < 1.29 is 19.1 Å². The lowest BCUT2D eigenvalue weighted by atomic mass is 9.43. The van der Waals surface area contributed by atoms with Crippen LogP contribution in [0.3, 0.4) is 0 Å². The molecule has 0 aromatic heterocycles. The van der Waals surface area contributed by atoms with Gasteiger partial charge in [0.25, 0.3) is 0 Å². The zero-order valence-corrected chi connectivity index (χ0v) is 27.5. The first kappa shape index (κ1) is 31.1. The van der Waals surface area contributed by atoms with E-state index in [1.165, 1.54) is 49.3 Å². The van der Waals surface area contributed by atoms with Crippen LogP contribution in [-0.4, -0.2) is 24.1 Å². The third kappa shape index (κ3) is 5.67. The molecule has 0 heterocycles. The topological polar surface area (TPSA) is 52.6 Å². The van der Waals surface area contributed by atoms with Crippen molar-refractivity contribution in [2.45, 2.75) is 105 Å². The van der Waals surface area contributed by atoms with Gasteiger partial charge < -0.3 is 9.47 Å². The Morgan fingerprint density at radius 2 is 1.45 bits per heavy atom. The second kappa shape index (κ2) is 12.5. The molecule has 4 nitrogen and oxygen atoms in total. The monoisotopic (exact) mass is 596 g/mol. The number of carbonyl (C=O) groups excluding carboxylic acids is 2. The van der Waals surface area contributed by atoms with Gasteiger partial charge in [-0.05, 0) is 115 Å². The van der Waals surface area contributed by atoms with Crippen LogP contribution < -0.4 is 0 Å². The highest BCUT2D eigenvalue weighted by molar-refractivity contribution is 5.79. The zero-order chi connectivity index (χ0) is 31.1. The molecule has 0 spiro atoms. The molecule has 0 bridgehead atoms. The fourth-order valence-electron chi connectivity index (χ4n) is 10.9. The van der Waals surface area contributed by atoms with Gasteiger partial charge in [-0.15, -0.1) is 0 Å². The number of carbonyl (C=O) groups is 2. The zero-order valence-electron chi connectivity index (χ0n) is 27.5. The summed E-state index contributed by atoms with van der Waals surface area (Å²) in [6.07, 6.45) is 12.4. The van der Waals surface area contributed by atoms with Gasteiger partial charge in [0.05, 0.1) is 0 Å². The van der Waals surface area contributed by atoms with Gasteiger partial charge in [0.15, 0.2) is 0 Å². The lowest BCUT2D eigenvalue weighted by Crippen LogP contribution is -2.59. The summed E-state index contributed by atoms with van der Waals surface area (Å²) >= 11 is 0. The second-order valence-corrected chi connectivity index (χ2v) is 15.1. The molecular formula is C40H52O4. The second-order valence-electron chi connectivity index (χ2n) is 15.1. The Bertz CT molecular complexity index is 1310. The summed E-state index contributed by atoms with van der Waals surface area (Å²) in [6.45, 7) is 10.6. The van der Waals surface area contributed by atoms with Gasteiger partial charge in [-0.2, -0.15) is 0 Å². The molecule has 4 aliphatic carbocycles. The predicted octanol–water partition coefficient (Wildman–Crippen LogP) is 9.28. The summed E-state index contributed by atoms with van der Waals surface area (Å²) < 4.78 is 12.1. The molecule has 4 saturated carbocycles. The van der Waals surface area contributed by atoms with Crippen molar-refractivity contribution in [1.29, 1.82) is 0 Å². The van der Waals surface area contributed by atoms with Gasteiger partial charge in [0, 0.05) is 19.3 Å². The minimum Gasteiger partial charge on any atom is -0.463 e. The molecule has 0 unspecified atom stereocenters. The lowest BCUT2D eigenvalue weighted by Gasteiger charge is -2.62. The maximum atomic E-state index is 12.6. The van der Waals surface area contributed by atoms with E-state index < -0.39 is 0 Å². The van der Waals surface area contributed by atoms with Crippen molar-refractivity contribution >= 4 is 17.5 Å². The Hall–Kier alpha value is -2.88. The minimum atomic E-state index is -0.156. The predicted molar refractivity (Wildman–Crippen MR) is 175 cm³/mol. The van der Waals surface area contributed by atoms with Crippen LogP contribution in [0, 0.1) is 46.3 Å². The smallest absolute Gasteiger partial charge is 0.302 e. The van der Waals surface area contributed by atoms with Gasteiger partial charge in [-0.25, -0.2) is 0 Å². The van der Waals surface area contributed by atoms with Crippen LogP contribution >= 0.6 is 0 Å². The number of ether oxygens (including phenoxy) is 2. The molecule has 0 aliphatic heterocycles. The molecule has 10 atom stereocenters. The van der Waals surface area contributed by atoms with E-state index in [1.807, 2.05) is 0 Å². The molecule has 44 heavy (non-hydrogen) atoms. The van der Waals surface area contributed by atoms with Gasteiger partial charge >= 0.3 is 11.9 Å². The highest BCUT2D eigenvalue weighted by Gasteiger charge is 2.65. The van der Waals surface area contributed by atoms with E-state index in [0.717, 1.165) is 32.1 Å². The first-order valence-corrected chi connectivity index (χ1v) is 17.3. The molecule has 6 rings (SSSR count). The van der Waals surface area contributed by atoms with E-state index in [9.17, 15) is 9.59 Å². The van der Waals surface area contributed by atoms with E-state index >= 15 is 0 Å². The molecule has 4 heteroatoms. The van der Waals surface area contributed by atoms with Crippen LogP contribution in [-0.2, 0) is 19.1 Å². The molecule has 4 fully saturated rings. The summed E-state index contributed by atoms with van der Waals surface area (Å²) in [5, 5.41) is 0. The van der Waals surface area contributed by atoms with Gasteiger partial charge in [0.1, 0.15) is 12.2 Å². The minimum absolute atomic E-state index is 0.0160. The molecular weight excluding hydrogens is 544 g/mol. The van der Waals surface area contributed by atoms with Crippen LogP contribution in [0.5, 0.6) is 0 Å². The molecule has 0 N–H and O–H groups in total. The summed E-state index contributed by atoms with van der Waals surface area (Å²) in [7, 11) is 0. The van der Waals surface area contributed by atoms with Crippen molar-refractivity contribution in [3.05, 3.63) is 77.9 Å². The van der Waals surface area contributed by atoms with Gasteiger partial charge in [-0.1, -0.05) is 87.5 Å². The van der Waals surface area contributed by atoms with Crippen molar-refractivity contribution in [2.24, 2.45) is 46.3 Å². The Kier molecular flexibility index (Phi) is 8.83. The number of hydrogen-bond donors (Lipinski definition) is 0. The van der Waals surface area contributed by atoms with Crippen molar-refractivity contribution in [1.82, 2.24) is 0 Å². The average Bonchev–Trinajstić information content (AvgIpc) is 3.37. The molecule has 0 amide bonds. The first-order valence-electron chi connectivity index (χ1n) is 17.3. The highest BCUT2D eigenvalue weighted by atomic mass is 16.5. The van der Waals surface area contributed by atoms with Crippen LogP contribution in [0.4, 0.5) is 0 Å². The Morgan fingerprint density at radius 3 is 2.07 bits per heavy atom. The number of esters is 2. The Balaban J connectivity index is 1.26. The van der Waals surface area contributed by atoms with Crippen molar-refractivity contribution in [3.63, 3.8) is 0 Å². The SMILES string of the molecule is CC(=O)O[C@@H]1CC[C@@]2(C)[C@H](CC[C@@H]3[C@@H]2C[C@@H](OC(C)=O)[C@]2(C)[C@@H]([C@H](C)CC=C(c4ccccc4)c4ccccc4)CC[C@@H]32)C1. The van der Waals surface area contributed by atoms with E-state index in [4.69, 9.17) is 9.47 Å². The third-order valence-electron chi connectivity index (χ3n) is 13.0. The van der Waals surface area contributed by atoms with Crippen LogP contribution in [0.2, 0.25) is 0 Å². The van der Waals surface area contributed by atoms with E-state index in [1.54, 1.807) is 6.92 Å². The molecule has 4 aliphatic rings. The number of fused-ring (bicyclic) bond motifs is 5. The summed E-state index contributed by atoms with van der Waals surface area (Å²) in [5.74, 6) is 3.07. The molecule has 2 aromatic rings. The summed E-state index contributed by atoms with van der Waals surface area (Å²) in [6, 6.07) is 21.5. The normalized spacial score (nSPS) is 36.6. The van der Waals surface area contributed by atoms with E-state index in [2.05, 4.69) is 87.5 Å². The first-order chi connectivity index (χ1) is 21.1. The number of rotatable bonds is 7. The molecule has 236 valence electrons. The fraction of sp³-hybridized carbons (Fsp3) is 0.600. The maximum Gasteiger partial charge on any atom is 0.302 e. The summed E-state index contributed by atoms with van der Waals surface area (Å²) in [5.41, 5.74) is 4.01. The van der Waals surface area contributed by atoms with Crippen LogP contribution in [0.15, 0.2) is 66.7 Å². The Labute approximate surface area is 265 Å². The van der Waals surface area contributed by atoms with Gasteiger partial charge in [-0.3, -0.25) is 9.59 Å². The molecule has 0 saturated heterocycles. The highest BCUT2D eigenvalue weighted by Crippen LogP contribution is 2.69. The average molecular weight is 597 g/mol. The Morgan fingerprint density at radius 1 is 0.818 bits per heavy atom. The lowest BCUT2D eigenvalue weighted by molar-refractivity contribution is -0.197. The summed E-state index contributed by atoms with van der Waals surface area (Å²) in [4.78, 5) is 24.4. The maximum absolute atomic E-state index is 12.6. The standard InChI is InChI=1S/C40H52O4/c1-26(16-18-33(29-12-8-6-9-13-29)30-14-10-7-11-15-30)35-20-21-36-34-19-17-31-24-32(43-27(2)41)22-23-39(31,4)37(34)25-38(40(35,36)5)44-28(3)42/h6-15,18,26,31-32,34-38H,16-17,19-25H2,1-5H3/t26-,31-,32-,34+,35-,36+,37+,38-,39+,40-/m1/s1. The molecule has 0 radical (unpaired) electrons. The molecule has 2 aromatic carbocycles. The van der Waals surface area contributed by atoms with E-state index in [0.29, 0.717) is 35.5 Å². The number of benzene rings is 2. The largest absolute Gasteiger partial charge is 0.463 e. The van der Waals surface area contributed by atoms with Crippen molar-refractivity contribution in [3.8, 4) is 0 Å². The van der Waals surface area contributed by atoms with E-state index in [-0.39, 0.29) is 35.0 Å².